The maximum Gasteiger partial charge on any atom is 0.257 e. The molecule has 2 amide bonds. The van der Waals surface area contributed by atoms with Crippen LogP contribution in [-0.4, -0.2) is 22.4 Å². The molecule has 0 radical (unpaired) electrons. The second kappa shape index (κ2) is 9.65. The number of nitrogens with zero attached hydrogens (tertiary/aromatic N) is 1. The van der Waals surface area contributed by atoms with Gasteiger partial charge in [0.1, 0.15) is 5.76 Å². The number of carbonyl (C=O) groups is 2. The number of amides is 2. The van der Waals surface area contributed by atoms with Crippen LogP contribution in [-0.2, 0) is 6.54 Å². The van der Waals surface area contributed by atoms with Crippen LogP contribution in [0.3, 0.4) is 0 Å². The van der Waals surface area contributed by atoms with E-state index in [1.54, 1.807) is 24.5 Å². The third-order valence-corrected chi connectivity index (χ3v) is 6.45. The van der Waals surface area contributed by atoms with Gasteiger partial charge >= 0.3 is 0 Å². The zero-order valence-corrected chi connectivity index (χ0v) is 19.2. The van der Waals surface area contributed by atoms with Gasteiger partial charge in [-0.25, -0.2) is 0 Å². The summed E-state index contributed by atoms with van der Waals surface area (Å²) in [7, 11) is 0. The average molecular weight is 454 g/mol. The molecule has 1 aliphatic rings. The largest absolute Gasteiger partial charge is 0.467 e. The van der Waals surface area contributed by atoms with Crippen LogP contribution in [0.5, 0.6) is 0 Å². The first-order valence-corrected chi connectivity index (χ1v) is 11.4. The van der Waals surface area contributed by atoms with E-state index in [2.05, 4.69) is 10.6 Å². The summed E-state index contributed by atoms with van der Waals surface area (Å²) < 4.78 is 7.48. The summed E-state index contributed by atoms with van der Waals surface area (Å²) in [5.74, 6) is 0.393. The molecule has 4 rings (SSSR count). The topological polar surface area (TPSA) is 76.3 Å². The van der Waals surface area contributed by atoms with Crippen LogP contribution in [0.25, 0.3) is 0 Å². The molecule has 1 fully saturated rings. The summed E-state index contributed by atoms with van der Waals surface area (Å²) in [6.07, 6.45) is 7.11. The van der Waals surface area contributed by atoms with Crippen molar-refractivity contribution in [2.45, 2.75) is 58.5 Å². The zero-order valence-electron chi connectivity index (χ0n) is 18.4. The number of furan rings is 1. The maximum absolute atomic E-state index is 13.0. The molecule has 2 aromatic heterocycles. The SMILES string of the molecule is Cc1cc(C(=O)Nc2ccc(Cl)c(C(=O)NC3CCCCC3)c2)c(C)n1Cc1ccco1. The smallest absolute Gasteiger partial charge is 0.257 e. The quantitative estimate of drug-likeness (QED) is 0.501. The van der Waals surface area contributed by atoms with Crippen LogP contribution < -0.4 is 10.6 Å². The number of aromatic nitrogens is 1. The van der Waals surface area contributed by atoms with Gasteiger partial charge in [0.15, 0.2) is 0 Å². The van der Waals surface area contributed by atoms with E-state index in [9.17, 15) is 9.59 Å². The van der Waals surface area contributed by atoms with Gasteiger partial charge in [-0.15, -0.1) is 0 Å². The Balaban J connectivity index is 1.49. The molecule has 2 heterocycles. The van der Waals surface area contributed by atoms with Crippen LogP contribution in [0.15, 0.2) is 47.1 Å². The molecule has 0 saturated heterocycles. The van der Waals surface area contributed by atoms with E-state index in [1.807, 2.05) is 36.6 Å². The molecule has 1 aliphatic carbocycles. The summed E-state index contributed by atoms with van der Waals surface area (Å²) in [6, 6.07) is 10.8. The van der Waals surface area contributed by atoms with E-state index >= 15 is 0 Å². The normalized spacial score (nSPS) is 14.3. The summed E-state index contributed by atoms with van der Waals surface area (Å²) in [4.78, 5) is 25.8. The van der Waals surface area contributed by atoms with Crippen molar-refractivity contribution in [3.8, 4) is 0 Å². The van der Waals surface area contributed by atoms with Crippen molar-refractivity contribution in [1.29, 1.82) is 0 Å². The van der Waals surface area contributed by atoms with Crippen LogP contribution in [0.2, 0.25) is 5.02 Å². The lowest BCUT2D eigenvalue weighted by Gasteiger charge is -2.23. The van der Waals surface area contributed by atoms with Crippen LogP contribution in [0.4, 0.5) is 5.69 Å². The number of nitrogens with one attached hydrogen (secondary N) is 2. The third kappa shape index (κ3) is 4.91. The van der Waals surface area contributed by atoms with Crippen LogP contribution in [0, 0.1) is 13.8 Å². The maximum atomic E-state index is 13.0. The molecule has 1 saturated carbocycles. The highest BCUT2D eigenvalue weighted by molar-refractivity contribution is 6.34. The standard InChI is InChI=1S/C25H28ClN3O3/c1-16-13-21(17(2)29(16)15-20-9-6-12-32-20)24(30)28-19-10-11-23(26)22(14-19)25(31)27-18-7-4-3-5-8-18/h6,9-14,18H,3-5,7-8,15H2,1-2H3,(H,27,31)(H,28,30). The first-order chi connectivity index (χ1) is 15.4. The predicted molar refractivity (Wildman–Crippen MR) is 125 cm³/mol. The fourth-order valence-electron chi connectivity index (χ4n) is 4.32. The Morgan fingerprint density at radius 3 is 2.56 bits per heavy atom. The Labute approximate surface area is 192 Å². The van der Waals surface area contributed by atoms with Crippen molar-refractivity contribution in [2.24, 2.45) is 0 Å². The number of hydrogen-bond donors (Lipinski definition) is 2. The molecular weight excluding hydrogens is 426 g/mol. The molecule has 3 aromatic rings. The number of halogens is 1. The summed E-state index contributed by atoms with van der Waals surface area (Å²) in [5.41, 5.74) is 3.30. The number of hydrogen-bond acceptors (Lipinski definition) is 3. The van der Waals surface area contributed by atoms with Gasteiger partial charge in [0.2, 0.25) is 0 Å². The second-order valence-corrected chi connectivity index (χ2v) is 8.81. The monoisotopic (exact) mass is 453 g/mol. The van der Waals surface area contributed by atoms with Gasteiger partial charge in [0, 0.05) is 23.1 Å². The van der Waals surface area contributed by atoms with Gasteiger partial charge < -0.3 is 19.6 Å². The Kier molecular flexibility index (Phi) is 6.70. The molecule has 6 nitrogen and oxygen atoms in total. The number of benzene rings is 1. The fraction of sp³-hybridized carbons (Fsp3) is 0.360. The highest BCUT2D eigenvalue weighted by atomic mass is 35.5. The highest BCUT2D eigenvalue weighted by Gasteiger charge is 2.20. The predicted octanol–water partition coefficient (Wildman–Crippen LogP) is 5.71. The molecule has 1 aromatic carbocycles. The molecule has 0 spiro atoms. The molecular formula is C25H28ClN3O3. The Hall–Kier alpha value is -2.99. The molecule has 0 unspecified atom stereocenters. The van der Waals surface area contributed by atoms with E-state index < -0.39 is 0 Å². The molecule has 0 bridgehead atoms. The van der Waals surface area contributed by atoms with Gasteiger partial charge in [-0.1, -0.05) is 30.9 Å². The van der Waals surface area contributed by atoms with Crippen molar-refractivity contribution >= 4 is 29.1 Å². The Bertz CT molecular complexity index is 1110. The molecule has 32 heavy (non-hydrogen) atoms. The van der Waals surface area contributed by atoms with Gasteiger partial charge in [-0.3, -0.25) is 9.59 Å². The molecule has 168 valence electrons. The van der Waals surface area contributed by atoms with Crippen molar-refractivity contribution in [1.82, 2.24) is 9.88 Å². The number of carbonyl (C=O) groups excluding carboxylic acids is 2. The minimum absolute atomic E-state index is 0.185. The van der Waals surface area contributed by atoms with Gasteiger partial charge in [-0.2, -0.15) is 0 Å². The first kappa shape index (κ1) is 22.2. The van der Waals surface area contributed by atoms with Crippen molar-refractivity contribution in [3.63, 3.8) is 0 Å². The Morgan fingerprint density at radius 2 is 1.84 bits per heavy atom. The van der Waals surface area contributed by atoms with Crippen molar-refractivity contribution in [2.75, 3.05) is 5.32 Å². The van der Waals surface area contributed by atoms with E-state index in [4.69, 9.17) is 16.0 Å². The number of rotatable bonds is 6. The highest BCUT2D eigenvalue weighted by Crippen LogP contribution is 2.24. The summed E-state index contributed by atoms with van der Waals surface area (Å²) in [6.45, 7) is 4.43. The van der Waals surface area contributed by atoms with Crippen molar-refractivity contribution < 1.29 is 14.0 Å². The lowest BCUT2D eigenvalue weighted by molar-refractivity contribution is 0.0926. The molecule has 0 atom stereocenters. The molecule has 2 N–H and O–H groups in total. The minimum atomic E-state index is -0.232. The fourth-order valence-corrected chi connectivity index (χ4v) is 4.52. The average Bonchev–Trinajstić information content (AvgIpc) is 3.39. The van der Waals surface area contributed by atoms with Crippen LogP contribution >= 0.6 is 11.6 Å². The summed E-state index contributed by atoms with van der Waals surface area (Å²) in [5, 5.41) is 6.36. The van der Waals surface area contributed by atoms with E-state index in [0.717, 1.165) is 42.8 Å². The van der Waals surface area contributed by atoms with Crippen LogP contribution in [0.1, 0.15) is 70.0 Å². The van der Waals surface area contributed by atoms with Gasteiger partial charge in [-0.05, 0) is 63.1 Å². The third-order valence-electron chi connectivity index (χ3n) is 6.12. The summed E-state index contributed by atoms with van der Waals surface area (Å²) >= 11 is 6.29. The van der Waals surface area contributed by atoms with E-state index in [1.165, 1.54) is 6.42 Å². The number of aryl methyl sites for hydroxylation is 1. The zero-order chi connectivity index (χ0) is 22.7. The lowest BCUT2D eigenvalue weighted by Crippen LogP contribution is -2.36. The second-order valence-electron chi connectivity index (χ2n) is 8.41. The minimum Gasteiger partial charge on any atom is -0.467 e. The lowest BCUT2D eigenvalue weighted by atomic mass is 9.95. The van der Waals surface area contributed by atoms with Crippen molar-refractivity contribution in [3.05, 3.63) is 76.0 Å². The van der Waals surface area contributed by atoms with Gasteiger partial charge in [0.05, 0.1) is 29.0 Å². The molecule has 0 aliphatic heterocycles. The number of anilines is 1. The Morgan fingerprint density at radius 1 is 1.06 bits per heavy atom. The van der Waals surface area contributed by atoms with E-state index in [0.29, 0.717) is 28.4 Å². The van der Waals surface area contributed by atoms with Gasteiger partial charge in [0.25, 0.3) is 11.8 Å². The molecule has 7 heteroatoms. The first-order valence-electron chi connectivity index (χ1n) is 11.0. The van der Waals surface area contributed by atoms with E-state index in [-0.39, 0.29) is 17.9 Å².